The fraction of sp³-hybridized carbons (Fsp3) is 0.625. The molecule has 3 heteroatoms. The first-order chi connectivity index (χ1) is 9.31. The Bertz CT molecular complexity index is 396. The van der Waals surface area contributed by atoms with Gasteiger partial charge in [-0.05, 0) is 36.4 Å². The van der Waals surface area contributed by atoms with E-state index < -0.39 is 0 Å². The summed E-state index contributed by atoms with van der Waals surface area (Å²) in [4.78, 5) is 2.60. The summed E-state index contributed by atoms with van der Waals surface area (Å²) in [5, 5.41) is 3.39. The first-order valence-electron chi connectivity index (χ1n) is 7.33. The van der Waals surface area contributed by atoms with E-state index in [-0.39, 0.29) is 0 Å². The second kappa shape index (κ2) is 5.61. The molecule has 3 rings (SSSR count). The number of nitrogens with zero attached hydrogens (tertiary/aromatic N) is 1. The minimum Gasteiger partial charge on any atom is -0.381 e. The van der Waals surface area contributed by atoms with Gasteiger partial charge in [0.1, 0.15) is 0 Å². The van der Waals surface area contributed by atoms with Crippen molar-refractivity contribution in [2.75, 3.05) is 33.4 Å². The van der Waals surface area contributed by atoms with Crippen molar-refractivity contribution in [1.29, 1.82) is 0 Å². The van der Waals surface area contributed by atoms with Crippen molar-refractivity contribution in [1.82, 2.24) is 10.2 Å². The maximum absolute atomic E-state index is 5.55. The lowest BCUT2D eigenvalue weighted by Gasteiger charge is -2.40. The first-order valence-corrected chi connectivity index (χ1v) is 7.33. The number of rotatable bonds is 4. The number of nitrogens with one attached hydrogen (secondary N) is 1. The Morgan fingerprint density at radius 3 is 2.37 bits per heavy atom. The molecule has 0 bridgehead atoms. The zero-order chi connectivity index (χ0) is 13.1. The number of ether oxygens (including phenoxy) is 1. The zero-order valence-corrected chi connectivity index (χ0v) is 11.8. The molecule has 0 atom stereocenters. The second-order valence-electron chi connectivity index (χ2n) is 6.06. The van der Waals surface area contributed by atoms with E-state index in [0.29, 0.717) is 5.41 Å². The Balaban J connectivity index is 1.67. The van der Waals surface area contributed by atoms with Crippen molar-refractivity contribution in [2.45, 2.75) is 25.9 Å². The van der Waals surface area contributed by atoms with E-state index in [1.165, 1.54) is 30.5 Å². The van der Waals surface area contributed by atoms with Crippen LogP contribution in [0.5, 0.6) is 0 Å². The first kappa shape index (κ1) is 13.1. The lowest BCUT2D eigenvalue weighted by Crippen LogP contribution is -2.45. The van der Waals surface area contributed by atoms with Crippen LogP contribution in [0.3, 0.4) is 0 Å². The van der Waals surface area contributed by atoms with E-state index in [4.69, 9.17) is 4.74 Å². The number of benzene rings is 1. The molecule has 1 fully saturated rings. The molecule has 3 nitrogen and oxygen atoms in total. The molecule has 0 saturated carbocycles. The normalized spacial score (nSPS) is 22.4. The predicted octanol–water partition coefficient (Wildman–Crippen LogP) is 2.02. The van der Waals surface area contributed by atoms with Crippen LogP contribution in [0.4, 0.5) is 0 Å². The quantitative estimate of drug-likeness (QED) is 0.896. The van der Waals surface area contributed by atoms with Crippen LogP contribution in [0.15, 0.2) is 24.3 Å². The third-order valence-corrected chi connectivity index (χ3v) is 4.57. The van der Waals surface area contributed by atoms with Crippen molar-refractivity contribution in [2.24, 2.45) is 5.41 Å². The predicted molar refractivity (Wildman–Crippen MR) is 77.0 cm³/mol. The molecule has 0 aliphatic carbocycles. The lowest BCUT2D eigenvalue weighted by atomic mass is 9.79. The Labute approximate surface area is 115 Å². The Kier molecular flexibility index (Phi) is 3.87. The van der Waals surface area contributed by atoms with E-state index in [9.17, 15) is 0 Å². The van der Waals surface area contributed by atoms with Gasteiger partial charge in [0.15, 0.2) is 0 Å². The fourth-order valence-electron chi connectivity index (χ4n) is 3.56. The van der Waals surface area contributed by atoms with Crippen LogP contribution in [0.1, 0.15) is 24.0 Å². The highest BCUT2D eigenvalue weighted by molar-refractivity contribution is 5.30. The van der Waals surface area contributed by atoms with E-state index in [1.54, 1.807) is 0 Å². The molecule has 1 saturated heterocycles. The van der Waals surface area contributed by atoms with Crippen molar-refractivity contribution in [3.8, 4) is 0 Å². The van der Waals surface area contributed by atoms with Crippen LogP contribution in [0.2, 0.25) is 0 Å². The van der Waals surface area contributed by atoms with Gasteiger partial charge in [0.2, 0.25) is 0 Å². The van der Waals surface area contributed by atoms with Crippen molar-refractivity contribution < 1.29 is 4.74 Å². The summed E-state index contributed by atoms with van der Waals surface area (Å²) in [5.74, 6) is 0. The molecule has 0 amide bonds. The molecule has 2 heterocycles. The van der Waals surface area contributed by atoms with Gasteiger partial charge in [-0.3, -0.25) is 4.90 Å². The van der Waals surface area contributed by atoms with Gasteiger partial charge in [0.05, 0.1) is 0 Å². The molecular weight excluding hydrogens is 236 g/mol. The maximum Gasteiger partial charge on any atom is 0.0472 e. The topological polar surface area (TPSA) is 24.5 Å². The van der Waals surface area contributed by atoms with E-state index in [1.807, 2.05) is 0 Å². The number of fused-ring (bicyclic) bond motifs is 1. The molecule has 2 aliphatic rings. The van der Waals surface area contributed by atoms with Gasteiger partial charge < -0.3 is 10.1 Å². The van der Waals surface area contributed by atoms with E-state index in [2.05, 4.69) is 41.5 Å². The van der Waals surface area contributed by atoms with Crippen molar-refractivity contribution in [3.63, 3.8) is 0 Å². The highest BCUT2D eigenvalue weighted by Crippen LogP contribution is 2.34. The average Bonchev–Trinajstić information content (AvgIpc) is 2.81. The number of hydrogen-bond donors (Lipinski definition) is 1. The molecule has 0 aromatic heterocycles. The average molecular weight is 260 g/mol. The van der Waals surface area contributed by atoms with Crippen LogP contribution in [0, 0.1) is 5.41 Å². The van der Waals surface area contributed by atoms with Gasteiger partial charge in [0, 0.05) is 39.4 Å². The highest BCUT2D eigenvalue weighted by atomic mass is 16.5. The molecule has 0 unspecified atom stereocenters. The van der Waals surface area contributed by atoms with E-state index in [0.717, 1.165) is 32.8 Å². The fourth-order valence-corrected chi connectivity index (χ4v) is 3.56. The molecule has 0 radical (unpaired) electrons. The zero-order valence-electron chi connectivity index (χ0n) is 11.8. The van der Waals surface area contributed by atoms with E-state index >= 15 is 0 Å². The minimum atomic E-state index is 0.398. The molecule has 104 valence electrons. The van der Waals surface area contributed by atoms with Gasteiger partial charge >= 0.3 is 0 Å². The van der Waals surface area contributed by atoms with Crippen LogP contribution >= 0.6 is 0 Å². The van der Waals surface area contributed by atoms with Crippen LogP contribution in [-0.2, 0) is 17.8 Å². The van der Waals surface area contributed by atoms with Crippen LogP contribution < -0.4 is 5.32 Å². The monoisotopic (exact) mass is 260 g/mol. The smallest absolute Gasteiger partial charge is 0.0472 e. The standard InChI is InChI=1S/C16H24N2O/c1-17-12-16(6-8-19-9-7-16)13-18-10-14-4-2-3-5-15(14)11-18/h2-5,17H,6-13H2,1H3. The van der Waals surface area contributed by atoms with Crippen molar-refractivity contribution >= 4 is 0 Å². The van der Waals surface area contributed by atoms with Gasteiger partial charge in [-0.15, -0.1) is 0 Å². The molecule has 1 N–H and O–H groups in total. The lowest BCUT2D eigenvalue weighted by molar-refractivity contribution is -0.00428. The summed E-state index contributed by atoms with van der Waals surface area (Å²) in [6.07, 6.45) is 2.36. The summed E-state index contributed by atoms with van der Waals surface area (Å²) < 4.78 is 5.55. The van der Waals surface area contributed by atoms with Gasteiger partial charge in [-0.1, -0.05) is 24.3 Å². The second-order valence-corrected chi connectivity index (χ2v) is 6.06. The molecule has 2 aliphatic heterocycles. The molecule has 1 aromatic rings. The number of hydrogen-bond acceptors (Lipinski definition) is 3. The third kappa shape index (κ3) is 2.83. The summed E-state index contributed by atoms with van der Waals surface area (Å²) >= 11 is 0. The van der Waals surface area contributed by atoms with Crippen LogP contribution in [0.25, 0.3) is 0 Å². The van der Waals surface area contributed by atoms with Crippen molar-refractivity contribution in [3.05, 3.63) is 35.4 Å². The largest absolute Gasteiger partial charge is 0.381 e. The molecular formula is C16H24N2O. The summed E-state index contributed by atoms with van der Waals surface area (Å²) in [7, 11) is 2.07. The SMILES string of the molecule is CNCC1(CN2Cc3ccccc3C2)CCOCC1. The van der Waals surface area contributed by atoms with Gasteiger partial charge in [-0.25, -0.2) is 0 Å². The highest BCUT2D eigenvalue weighted by Gasteiger charge is 2.35. The summed E-state index contributed by atoms with van der Waals surface area (Å²) in [5.41, 5.74) is 3.41. The summed E-state index contributed by atoms with van der Waals surface area (Å²) in [6.45, 7) is 6.35. The minimum absolute atomic E-state index is 0.398. The Morgan fingerprint density at radius 1 is 1.16 bits per heavy atom. The maximum atomic E-state index is 5.55. The Morgan fingerprint density at radius 2 is 1.79 bits per heavy atom. The molecule has 1 aromatic carbocycles. The molecule has 0 spiro atoms. The Hall–Kier alpha value is -0.900. The van der Waals surface area contributed by atoms with Gasteiger partial charge in [-0.2, -0.15) is 0 Å². The third-order valence-electron chi connectivity index (χ3n) is 4.57. The van der Waals surface area contributed by atoms with Crippen LogP contribution in [-0.4, -0.2) is 38.3 Å². The summed E-state index contributed by atoms with van der Waals surface area (Å²) in [6, 6.07) is 8.84. The van der Waals surface area contributed by atoms with Gasteiger partial charge in [0.25, 0.3) is 0 Å². The molecule has 19 heavy (non-hydrogen) atoms.